The number of carbonyl (C=O) groups is 1. The molecule has 0 fully saturated rings. The lowest BCUT2D eigenvalue weighted by Gasteiger charge is -2.13. The fraction of sp³-hybridized carbons (Fsp3) is 0.357. The largest absolute Gasteiger partial charge is 0.418 e. The van der Waals surface area contributed by atoms with Crippen molar-refractivity contribution >= 4 is 23.4 Å². The molecule has 1 aromatic carbocycles. The van der Waals surface area contributed by atoms with Gasteiger partial charge in [-0.25, -0.2) is 0 Å². The van der Waals surface area contributed by atoms with Crippen LogP contribution in [0, 0.1) is 0 Å². The molecule has 2 aromatic rings. The maximum absolute atomic E-state index is 12.8. The van der Waals surface area contributed by atoms with E-state index in [1.807, 2.05) is 13.8 Å². The first kappa shape index (κ1) is 17.3. The van der Waals surface area contributed by atoms with E-state index in [0.717, 1.165) is 17.8 Å². The molecular formula is C14H14F3N3O2S. The van der Waals surface area contributed by atoms with E-state index >= 15 is 0 Å². The molecule has 0 bridgehead atoms. The van der Waals surface area contributed by atoms with Gasteiger partial charge in [-0.05, 0) is 12.1 Å². The van der Waals surface area contributed by atoms with Crippen LogP contribution in [0.15, 0.2) is 33.9 Å². The molecule has 1 amide bonds. The summed E-state index contributed by atoms with van der Waals surface area (Å²) >= 11 is 0.966. The number of nitrogens with one attached hydrogen (secondary N) is 1. The third kappa shape index (κ3) is 4.72. The van der Waals surface area contributed by atoms with E-state index in [9.17, 15) is 18.0 Å². The van der Waals surface area contributed by atoms with Gasteiger partial charge in [0.1, 0.15) is 0 Å². The second-order valence-electron chi connectivity index (χ2n) is 4.94. The minimum absolute atomic E-state index is 0.0596. The van der Waals surface area contributed by atoms with Gasteiger partial charge in [0.2, 0.25) is 11.8 Å². The number of aromatic nitrogens is 2. The summed E-state index contributed by atoms with van der Waals surface area (Å²) in [5, 5.41) is 10.0. The lowest BCUT2D eigenvalue weighted by atomic mass is 10.1. The first-order chi connectivity index (χ1) is 10.8. The number of anilines is 1. The Balaban J connectivity index is 1.97. The maximum Gasteiger partial charge on any atom is 0.418 e. The quantitative estimate of drug-likeness (QED) is 0.831. The highest BCUT2D eigenvalue weighted by atomic mass is 32.2. The Morgan fingerprint density at radius 2 is 2.00 bits per heavy atom. The van der Waals surface area contributed by atoms with Crippen LogP contribution >= 0.6 is 11.8 Å². The predicted octanol–water partition coefficient (Wildman–Crippen LogP) is 3.94. The van der Waals surface area contributed by atoms with Crippen molar-refractivity contribution in [3.05, 3.63) is 35.7 Å². The number of rotatable bonds is 5. The number of benzene rings is 1. The second kappa shape index (κ2) is 7.03. The van der Waals surface area contributed by atoms with Gasteiger partial charge in [-0.3, -0.25) is 4.79 Å². The predicted molar refractivity (Wildman–Crippen MR) is 79.2 cm³/mol. The molecule has 23 heavy (non-hydrogen) atoms. The molecule has 1 aromatic heterocycles. The Morgan fingerprint density at radius 1 is 1.30 bits per heavy atom. The van der Waals surface area contributed by atoms with E-state index in [1.165, 1.54) is 18.2 Å². The SMILES string of the molecule is CC(C)c1nnc(SCC(=O)Nc2ccccc2C(F)(F)F)o1. The molecule has 0 aliphatic rings. The number of amides is 1. The molecule has 0 radical (unpaired) electrons. The van der Waals surface area contributed by atoms with Crippen LogP contribution in [0.4, 0.5) is 18.9 Å². The molecule has 0 saturated carbocycles. The summed E-state index contributed by atoms with van der Waals surface area (Å²) < 4.78 is 43.8. The monoisotopic (exact) mass is 345 g/mol. The van der Waals surface area contributed by atoms with Crippen LogP contribution in [-0.2, 0) is 11.0 Å². The van der Waals surface area contributed by atoms with Crippen molar-refractivity contribution in [1.29, 1.82) is 0 Å². The lowest BCUT2D eigenvalue weighted by Crippen LogP contribution is -2.18. The summed E-state index contributed by atoms with van der Waals surface area (Å²) in [7, 11) is 0. The Kier molecular flexibility index (Phi) is 5.30. The zero-order valence-corrected chi connectivity index (χ0v) is 13.2. The molecule has 124 valence electrons. The highest BCUT2D eigenvalue weighted by molar-refractivity contribution is 7.99. The van der Waals surface area contributed by atoms with Crippen molar-refractivity contribution in [2.45, 2.75) is 31.2 Å². The van der Waals surface area contributed by atoms with Crippen molar-refractivity contribution in [3.8, 4) is 0 Å². The Labute approximate surface area is 134 Å². The fourth-order valence-electron chi connectivity index (χ4n) is 1.66. The molecule has 9 heteroatoms. The number of hydrogen-bond donors (Lipinski definition) is 1. The van der Waals surface area contributed by atoms with Gasteiger partial charge in [0.15, 0.2) is 0 Å². The fourth-order valence-corrected chi connectivity index (χ4v) is 2.23. The highest BCUT2D eigenvalue weighted by Crippen LogP contribution is 2.34. The molecule has 1 heterocycles. The average Bonchev–Trinajstić information content (AvgIpc) is 2.94. The molecule has 0 unspecified atom stereocenters. The minimum atomic E-state index is -4.53. The molecule has 5 nitrogen and oxygen atoms in total. The van der Waals surface area contributed by atoms with E-state index in [0.29, 0.717) is 5.89 Å². The Morgan fingerprint density at radius 3 is 2.61 bits per heavy atom. The normalized spacial score (nSPS) is 11.7. The van der Waals surface area contributed by atoms with Gasteiger partial charge in [0, 0.05) is 5.92 Å². The van der Waals surface area contributed by atoms with Gasteiger partial charge >= 0.3 is 6.18 Å². The number of nitrogens with zero attached hydrogens (tertiary/aromatic N) is 2. The molecule has 0 spiro atoms. The standard InChI is InChI=1S/C14H14F3N3O2S/c1-8(2)12-19-20-13(22-12)23-7-11(21)18-10-6-4-3-5-9(10)14(15,16)17/h3-6,8H,7H2,1-2H3,(H,18,21). The van der Waals surface area contributed by atoms with E-state index < -0.39 is 17.6 Å². The summed E-state index contributed by atoms with van der Waals surface area (Å²) in [5.41, 5.74) is -1.17. The van der Waals surface area contributed by atoms with Gasteiger partial charge in [-0.2, -0.15) is 13.2 Å². The summed E-state index contributed by atoms with van der Waals surface area (Å²) in [6.07, 6.45) is -4.53. The zero-order valence-electron chi connectivity index (χ0n) is 12.3. The Bertz CT molecular complexity index is 686. The second-order valence-corrected chi connectivity index (χ2v) is 5.87. The van der Waals surface area contributed by atoms with Gasteiger partial charge in [0.25, 0.3) is 5.22 Å². The van der Waals surface area contributed by atoms with Crippen molar-refractivity contribution < 1.29 is 22.4 Å². The number of alkyl halides is 3. The topological polar surface area (TPSA) is 68.0 Å². The number of hydrogen-bond acceptors (Lipinski definition) is 5. The number of thioether (sulfide) groups is 1. The van der Waals surface area contributed by atoms with Crippen molar-refractivity contribution in [1.82, 2.24) is 10.2 Å². The van der Waals surface area contributed by atoms with Crippen LogP contribution in [0.5, 0.6) is 0 Å². The van der Waals surface area contributed by atoms with Gasteiger partial charge in [-0.15, -0.1) is 10.2 Å². The lowest BCUT2D eigenvalue weighted by molar-refractivity contribution is -0.137. The zero-order chi connectivity index (χ0) is 17.0. The van der Waals surface area contributed by atoms with Crippen LogP contribution in [0.1, 0.15) is 31.2 Å². The minimum Gasteiger partial charge on any atom is -0.416 e. The third-order valence-electron chi connectivity index (χ3n) is 2.75. The average molecular weight is 345 g/mol. The van der Waals surface area contributed by atoms with Crippen LogP contribution in [0.3, 0.4) is 0 Å². The smallest absolute Gasteiger partial charge is 0.416 e. The van der Waals surface area contributed by atoms with Crippen LogP contribution in [0.2, 0.25) is 0 Å². The summed E-state index contributed by atoms with van der Waals surface area (Å²) in [6, 6.07) is 4.80. The molecule has 1 N–H and O–H groups in total. The molecule has 0 saturated heterocycles. The summed E-state index contributed by atoms with van der Waals surface area (Å²) in [5.74, 6) is -0.220. The Hall–Kier alpha value is -2.03. The number of para-hydroxylation sites is 1. The first-order valence-electron chi connectivity index (χ1n) is 6.69. The molecule has 2 rings (SSSR count). The van der Waals surface area contributed by atoms with Crippen molar-refractivity contribution in [3.63, 3.8) is 0 Å². The van der Waals surface area contributed by atoms with E-state index in [1.54, 1.807) is 0 Å². The van der Waals surface area contributed by atoms with Crippen LogP contribution in [-0.4, -0.2) is 21.9 Å². The molecular weight excluding hydrogens is 331 g/mol. The number of carbonyl (C=O) groups excluding carboxylic acids is 1. The summed E-state index contributed by atoms with van der Waals surface area (Å²) in [4.78, 5) is 11.8. The van der Waals surface area contributed by atoms with Gasteiger partial charge in [-0.1, -0.05) is 37.7 Å². The molecule has 0 aliphatic carbocycles. The van der Waals surface area contributed by atoms with E-state index in [4.69, 9.17) is 4.42 Å². The van der Waals surface area contributed by atoms with Crippen LogP contribution < -0.4 is 5.32 Å². The molecule has 0 aliphatic heterocycles. The highest BCUT2D eigenvalue weighted by Gasteiger charge is 2.33. The third-order valence-corrected chi connectivity index (χ3v) is 3.57. The number of halogens is 3. The summed E-state index contributed by atoms with van der Waals surface area (Å²) in [6.45, 7) is 3.76. The van der Waals surface area contributed by atoms with Crippen LogP contribution in [0.25, 0.3) is 0 Å². The molecule has 0 atom stereocenters. The van der Waals surface area contributed by atoms with Crippen molar-refractivity contribution in [2.24, 2.45) is 0 Å². The maximum atomic E-state index is 12.8. The van der Waals surface area contributed by atoms with E-state index in [-0.39, 0.29) is 22.6 Å². The van der Waals surface area contributed by atoms with E-state index in [2.05, 4.69) is 15.5 Å². The first-order valence-corrected chi connectivity index (χ1v) is 7.68. The van der Waals surface area contributed by atoms with Gasteiger partial charge in [0.05, 0.1) is 17.0 Å². The van der Waals surface area contributed by atoms with Gasteiger partial charge < -0.3 is 9.73 Å². The van der Waals surface area contributed by atoms with Crippen molar-refractivity contribution in [2.75, 3.05) is 11.1 Å².